The molecule has 1 aliphatic rings. The van der Waals surface area contributed by atoms with E-state index in [0.717, 1.165) is 17.0 Å². The van der Waals surface area contributed by atoms with E-state index in [1.54, 1.807) is 0 Å². The molecule has 0 bridgehead atoms. The van der Waals surface area contributed by atoms with Crippen molar-refractivity contribution in [3.8, 4) is 0 Å². The smallest absolute Gasteiger partial charge is 0.148 e. The third-order valence-electron chi connectivity index (χ3n) is 2.30. The van der Waals surface area contributed by atoms with Crippen LogP contribution >= 0.6 is 22.6 Å². The molecule has 0 unspecified atom stereocenters. The van der Waals surface area contributed by atoms with Crippen LogP contribution in [0.3, 0.4) is 0 Å². The Morgan fingerprint density at radius 2 is 1.92 bits per heavy atom. The zero-order valence-electron chi connectivity index (χ0n) is 7.87. The zero-order valence-corrected chi connectivity index (χ0v) is 10.8. The van der Waals surface area contributed by atoms with Crippen molar-refractivity contribution >= 4 is 32.4 Å². The van der Waals surface area contributed by atoms with Crippen molar-refractivity contribution in [2.45, 2.75) is 16.8 Å². The lowest BCUT2D eigenvalue weighted by Crippen LogP contribution is -2.36. The van der Waals surface area contributed by atoms with Gasteiger partial charge in [-0.3, -0.25) is 0 Å². The van der Waals surface area contributed by atoms with Gasteiger partial charge in [0, 0.05) is 16.7 Å². The predicted octanol–water partition coefficient (Wildman–Crippen LogP) is 0.930. The molecule has 0 N–H and O–H groups in total. The maximum absolute atomic E-state index is 10.9. The fraction of sp³-hybridized carbons (Fsp3) is 1.00. The van der Waals surface area contributed by atoms with Crippen molar-refractivity contribution in [2.75, 3.05) is 31.6 Å². The highest BCUT2D eigenvalue weighted by Crippen LogP contribution is 2.17. The Morgan fingerprint density at radius 1 is 1.38 bits per heavy atom. The molecule has 5 heteroatoms. The lowest BCUT2D eigenvalue weighted by molar-refractivity contribution is 0.249. The highest BCUT2D eigenvalue weighted by atomic mass is 127. The van der Waals surface area contributed by atoms with E-state index in [1.807, 2.05) is 0 Å². The molecule has 0 radical (unpaired) electrons. The first kappa shape index (κ1) is 11.7. The van der Waals surface area contributed by atoms with Crippen molar-refractivity contribution in [3.05, 3.63) is 0 Å². The number of piperidine rings is 1. The van der Waals surface area contributed by atoms with Crippen LogP contribution in [0.1, 0.15) is 12.8 Å². The van der Waals surface area contributed by atoms with E-state index >= 15 is 0 Å². The fourth-order valence-electron chi connectivity index (χ4n) is 1.42. The second-order valence-corrected chi connectivity index (χ2v) is 7.67. The van der Waals surface area contributed by atoms with Crippen molar-refractivity contribution in [3.63, 3.8) is 0 Å². The summed E-state index contributed by atoms with van der Waals surface area (Å²) in [5.41, 5.74) is 0. The van der Waals surface area contributed by atoms with Gasteiger partial charge in [-0.25, -0.2) is 8.42 Å². The van der Waals surface area contributed by atoms with E-state index in [-0.39, 0.29) is 0 Å². The van der Waals surface area contributed by atoms with Gasteiger partial charge in [-0.15, -0.1) is 0 Å². The molecule has 0 aliphatic carbocycles. The van der Waals surface area contributed by atoms with Gasteiger partial charge in [0.1, 0.15) is 9.84 Å². The Hall–Kier alpha value is 0.640. The molecule has 0 aromatic rings. The van der Waals surface area contributed by atoms with Crippen LogP contribution in [0.25, 0.3) is 0 Å². The molecular weight excluding hydrogens is 301 g/mol. The van der Waals surface area contributed by atoms with Crippen molar-refractivity contribution < 1.29 is 8.42 Å². The zero-order chi connectivity index (χ0) is 9.90. The van der Waals surface area contributed by atoms with Gasteiger partial charge < -0.3 is 4.90 Å². The number of sulfone groups is 1. The standard InChI is InChI=1S/C8H16INO2S/c1-13(11,12)7-6-10-4-2-8(9)3-5-10/h8H,2-7H2,1H3. The number of hydrogen-bond acceptors (Lipinski definition) is 3. The van der Waals surface area contributed by atoms with E-state index in [0.29, 0.717) is 12.3 Å². The van der Waals surface area contributed by atoms with Crippen molar-refractivity contribution in [2.24, 2.45) is 0 Å². The third kappa shape index (κ3) is 5.17. The van der Waals surface area contributed by atoms with E-state index in [1.165, 1.54) is 19.1 Å². The Bertz CT molecular complexity index is 245. The van der Waals surface area contributed by atoms with E-state index in [2.05, 4.69) is 27.5 Å². The SMILES string of the molecule is CS(=O)(=O)CCN1CCC(I)CC1. The molecule has 1 saturated heterocycles. The summed E-state index contributed by atoms with van der Waals surface area (Å²) in [6.07, 6.45) is 3.70. The van der Waals surface area contributed by atoms with E-state index in [4.69, 9.17) is 0 Å². The van der Waals surface area contributed by atoms with Crippen LogP contribution < -0.4 is 0 Å². The van der Waals surface area contributed by atoms with Gasteiger partial charge in [0.2, 0.25) is 0 Å². The molecule has 0 amide bonds. The van der Waals surface area contributed by atoms with Gasteiger partial charge in [0.15, 0.2) is 0 Å². The Balaban J connectivity index is 2.24. The van der Waals surface area contributed by atoms with Gasteiger partial charge >= 0.3 is 0 Å². The number of alkyl halides is 1. The monoisotopic (exact) mass is 317 g/mol. The molecule has 3 nitrogen and oxygen atoms in total. The lowest BCUT2D eigenvalue weighted by atomic mass is 10.1. The summed E-state index contributed by atoms with van der Waals surface area (Å²) in [5, 5.41) is 0. The third-order valence-corrected chi connectivity index (χ3v) is 4.47. The number of hydrogen-bond donors (Lipinski definition) is 0. The fourth-order valence-corrected chi connectivity index (χ4v) is 2.57. The Labute approximate surface area is 93.9 Å². The molecule has 1 heterocycles. The maximum Gasteiger partial charge on any atom is 0.148 e. The molecule has 0 spiro atoms. The summed E-state index contributed by atoms with van der Waals surface area (Å²) in [5.74, 6) is 0.304. The van der Waals surface area contributed by atoms with Crippen LogP contribution in [0.4, 0.5) is 0 Å². The first-order valence-corrected chi connectivity index (χ1v) is 7.82. The van der Waals surface area contributed by atoms with Gasteiger partial charge in [-0.1, -0.05) is 22.6 Å². The number of halogens is 1. The summed E-state index contributed by atoms with van der Waals surface area (Å²) < 4.78 is 22.6. The summed E-state index contributed by atoms with van der Waals surface area (Å²) in [6.45, 7) is 2.83. The van der Waals surface area contributed by atoms with Crippen LogP contribution in [-0.2, 0) is 9.84 Å². The molecule has 1 fully saturated rings. The molecule has 78 valence electrons. The van der Waals surface area contributed by atoms with Crippen molar-refractivity contribution in [1.29, 1.82) is 0 Å². The predicted molar refractivity (Wildman–Crippen MR) is 63.2 cm³/mol. The number of rotatable bonds is 3. The van der Waals surface area contributed by atoms with Crippen LogP contribution in [0.2, 0.25) is 0 Å². The summed E-state index contributed by atoms with van der Waals surface area (Å²) in [4.78, 5) is 2.25. The van der Waals surface area contributed by atoms with Gasteiger partial charge in [0.05, 0.1) is 5.75 Å². The van der Waals surface area contributed by atoms with Crippen LogP contribution in [0.5, 0.6) is 0 Å². The lowest BCUT2D eigenvalue weighted by Gasteiger charge is -2.28. The highest BCUT2D eigenvalue weighted by molar-refractivity contribution is 14.1. The van der Waals surface area contributed by atoms with E-state index < -0.39 is 9.84 Å². The molecule has 1 aliphatic heterocycles. The summed E-state index contributed by atoms with van der Waals surface area (Å²) >= 11 is 2.47. The minimum absolute atomic E-state index is 0.304. The molecule has 1 rings (SSSR count). The van der Waals surface area contributed by atoms with Crippen molar-refractivity contribution in [1.82, 2.24) is 4.90 Å². The quantitative estimate of drug-likeness (QED) is 0.574. The van der Waals surface area contributed by atoms with Crippen LogP contribution in [0, 0.1) is 0 Å². The van der Waals surface area contributed by atoms with Gasteiger partial charge in [-0.05, 0) is 25.9 Å². The normalized spacial score (nSPS) is 22.0. The first-order chi connectivity index (χ1) is 5.97. The average molecular weight is 317 g/mol. The van der Waals surface area contributed by atoms with E-state index in [9.17, 15) is 8.42 Å². The highest BCUT2D eigenvalue weighted by Gasteiger charge is 2.17. The average Bonchev–Trinajstić information content (AvgIpc) is 2.02. The van der Waals surface area contributed by atoms with Crippen LogP contribution in [0.15, 0.2) is 0 Å². The molecular formula is C8H16INO2S. The number of nitrogens with zero attached hydrogens (tertiary/aromatic N) is 1. The minimum Gasteiger partial charge on any atom is -0.302 e. The largest absolute Gasteiger partial charge is 0.302 e. The molecule has 0 saturated carbocycles. The second-order valence-electron chi connectivity index (χ2n) is 3.65. The van der Waals surface area contributed by atoms with Crippen LogP contribution in [-0.4, -0.2) is 48.9 Å². The summed E-state index contributed by atoms with van der Waals surface area (Å²) in [6, 6.07) is 0. The second kappa shape index (κ2) is 4.93. The van der Waals surface area contributed by atoms with Gasteiger partial charge in [0.25, 0.3) is 0 Å². The molecule has 0 aromatic carbocycles. The topological polar surface area (TPSA) is 37.4 Å². The first-order valence-electron chi connectivity index (χ1n) is 4.51. The Morgan fingerprint density at radius 3 is 2.38 bits per heavy atom. The molecule has 0 atom stereocenters. The minimum atomic E-state index is -2.78. The Kier molecular flexibility index (Phi) is 4.44. The summed E-state index contributed by atoms with van der Waals surface area (Å²) in [7, 11) is -2.78. The molecule has 0 aromatic heterocycles. The molecule has 13 heavy (non-hydrogen) atoms. The van der Waals surface area contributed by atoms with Gasteiger partial charge in [-0.2, -0.15) is 0 Å². The maximum atomic E-state index is 10.9. The number of likely N-dealkylation sites (tertiary alicyclic amines) is 1.